The van der Waals surface area contributed by atoms with E-state index in [-0.39, 0.29) is 23.7 Å². The van der Waals surface area contributed by atoms with E-state index in [2.05, 4.69) is 31.1 Å². The molecule has 2 amide bonds. The Morgan fingerprint density at radius 1 is 1.17 bits per heavy atom. The Labute approximate surface area is 179 Å². The number of halogens is 1. The number of hydrogen-bond donors (Lipinski definition) is 1. The summed E-state index contributed by atoms with van der Waals surface area (Å²) in [6, 6.07) is 11.0. The van der Waals surface area contributed by atoms with E-state index in [1.165, 1.54) is 0 Å². The normalized spacial score (nSPS) is 14.7. The quantitative estimate of drug-likeness (QED) is 0.716. The standard InChI is InChI=1S/C21H25BrN4O3/c1-15(2)24-19(27)14-25-9-11-26(12-10-25)21(28)18-7-4-8-23-20(18)29-17-6-3-5-16(22)13-17/h3-8,13,15H,9-12,14H2,1-2H3,(H,24,27). The van der Waals surface area contributed by atoms with Gasteiger partial charge in [-0.25, -0.2) is 4.98 Å². The highest BCUT2D eigenvalue weighted by molar-refractivity contribution is 9.10. The molecule has 0 bridgehead atoms. The average Bonchev–Trinajstić information content (AvgIpc) is 2.68. The first-order valence-electron chi connectivity index (χ1n) is 9.62. The zero-order valence-corrected chi connectivity index (χ0v) is 18.2. The first-order chi connectivity index (χ1) is 13.9. The second-order valence-electron chi connectivity index (χ2n) is 7.21. The number of piperazine rings is 1. The molecule has 1 aromatic carbocycles. The zero-order chi connectivity index (χ0) is 20.8. The molecule has 0 atom stereocenters. The van der Waals surface area contributed by atoms with Crippen molar-refractivity contribution in [1.29, 1.82) is 0 Å². The number of benzene rings is 1. The van der Waals surface area contributed by atoms with Crippen molar-refractivity contribution in [3.05, 3.63) is 52.6 Å². The van der Waals surface area contributed by atoms with Crippen LogP contribution in [0.15, 0.2) is 47.1 Å². The van der Waals surface area contributed by atoms with E-state index < -0.39 is 0 Å². The van der Waals surface area contributed by atoms with Gasteiger partial charge in [-0.05, 0) is 44.2 Å². The number of carbonyl (C=O) groups is 2. The van der Waals surface area contributed by atoms with E-state index in [0.717, 1.165) is 4.47 Å². The van der Waals surface area contributed by atoms with E-state index in [4.69, 9.17) is 4.74 Å². The van der Waals surface area contributed by atoms with Gasteiger partial charge in [0.1, 0.15) is 11.3 Å². The maximum Gasteiger partial charge on any atom is 0.259 e. The molecule has 7 nitrogen and oxygen atoms in total. The molecule has 2 heterocycles. The van der Waals surface area contributed by atoms with Crippen LogP contribution in [0.1, 0.15) is 24.2 Å². The highest BCUT2D eigenvalue weighted by Crippen LogP contribution is 2.26. The Kier molecular flexibility index (Phi) is 7.22. The Hall–Kier alpha value is -2.45. The minimum atomic E-state index is -0.116. The fourth-order valence-corrected chi connectivity index (χ4v) is 3.51. The molecule has 0 radical (unpaired) electrons. The Balaban J connectivity index is 1.62. The van der Waals surface area contributed by atoms with Gasteiger partial charge in [0.15, 0.2) is 0 Å². The van der Waals surface area contributed by atoms with Crippen molar-refractivity contribution in [2.24, 2.45) is 0 Å². The van der Waals surface area contributed by atoms with Crippen LogP contribution in [0.5, 0.6) is 11.6 Å². The van der Waals surface area contributed by atoms with Crippen LogP contribution in [0.3, 0.4) is 0 Å². The monoisotopic (exact) mass is 460 g/mol. The van der Waals surface area contributed by atoms with Crippen LogP contribution in [0, 0.1) is 0 Å². The number of aromatic nitrogens is 1. The van der Waals surface area contributed by atoms with Crippen LogP contribution in [0.25, 0.3) is 0 Å². The third-order valence-corrected chi connectivity index (χ3v) is 4.98. The van der Waals surface area contributed by atoms with Gasteiger partial charge < -0.3 is 15.0 Å². The molecular formula is C21H25BrN4O3. The summed E-state index contributed by atoms with van der Waals surface area (Å²) in [6.07, 6.45) is 1.61. The van der Waals surface area contributed by atoms with Crippen LogP contribution in [-0.4, -0.2) is 65.4 Å². The molecule has 0 saturated carbocycles. The van der Waals surface area contributed by atoms with Gasteiger partial charge in [0.05, 0.1) is 6.54 Å². The van der Waals surface area contributed by atoms with Crippen molar-refractivity contribution in [3.8, 4) is 11.6 Å². The Bertz CT molecular complexity index is 867. The summed E-state index contributed by atoms with van der Waals surface area (Å²) < 4.78 is 6.75. The number of pyridine rings is 1. The molecule has 154 valence electrons. The van der Waals surface area contributed by atoms with Gasteiger partial charge in [0, 0.05) is 42.9 Å². The minimum absolute atomic E-state index is 0.0109. The molecule has 1 aliphatic rings. The molecule has 1 saturated heterocycles. The largest absolute Gasteiger partial charge is 0.438 e. The lowest BCUT2D eigenvalue weighted by Crippen LogP contribution is -2.51. The van der Waals surface area contributed by atoms with Crippen LogP contribution in [0.2, 0.25) is 0 Å². The summed E-state index contributed by atoms with van der Waals surface area (Å²) in [4.78, 5) is 33.1. The number of carbonyl (C=O) groups excluding carboxylic acids is 2. The molecule has 0 aliphatic carbocycles. The summed E-state index contributed by atoms with van der Waals surface area (Å²) in [7, 11) is 0. The highest BCUT2D eigenvalue weighted by Gasteiger charge is 2.26. The number of amides is 2. The Morgan fingerprint density at radius 2 is 1.93 bits per heavy atom. The van der Waals surface area contributed by atoms with Gasteiger partial charge in [-0.2, -0.15) is 0 Å². The van der Waals surface area contributed by atoms with Crippen molar-refractivity contribution < 1.29 is 14.3 Å². The van der Waals surface area contributed by atoms with Crippen molar-refractivity contribution in [1.82, 2.24) is 20.1 Å². The molecule has 0 unspecified atom stereocenters. The van der Waals surface area contributed by atoms with Gasteiger partial charge in [0.25, 0.3) is 5.91 Å². The fraction of sp³-hybridized carbons (Fsp3) is 0.381. The third-order valence-electron chi connectivity index (χ3n) is 4.49. The van der Waals surface area contributed by atoms with E-state index in [1.807, 2.05) is 38.1 Å². The molecule has 2 aromatic rings. The highest BCUT2D eigenvalue weighted by atomic mass is 79.9. The number of nitrogens with one attached hydrogen (secondary N) is 1. The number of ether oxygens (including phenoxy) is 1. The Morgan fingerprint density at radius 3 is 2.62 bits per heavy atom. The van der Waals surface area contributed by atoms with Crippen LogP contribution in [0.4, 0.5) is 0 Å². The predicted molar refractivity (Wildman–Crippen MR) is 114 cm³/mol. The van der Waals surface area contributed by atoms with E-state index >= 15 is 0 Å². The average molecular weight is 461 g/mol. The second kappa shape index (κ2) is 9.84. The molecule has 8 heteroatoms. The number of hydrogen-bond acceptors (Lipinski definition) is 5. The van der Waals surface area contributed by atoms with E-state index in [0.29, 0.717) is 44.0 Å². The summed E-state index contributed by atoms with van der Waals surface area (Å²) in [5.41, 5.74) is 0.429. The molecule has 1 aromatic heterocycles. The molecule has 29 heavy (non-hydrogen) atoms. The molecular weight excluding hydrogens is 436 g/mol. The lowest BCUT2D eigenvalue weighted by atomic mass is 10.2. The minimum Gasteiger partial charge on any atom is -0.438 e. The summed E-state index contributed by atoms with van der Waals surface area (Å²) >= 11 is 3.41. The molecule has 1 fully saturated rings. The van der Waals surface area contributed by atoms with Crippen molar-refractivity contribution >= 4 is 27.7 Å². The molecule has 0 spiro atoms. The van der Waals surface area contributed by atoms with Crippen molar-refractivity contribution in [3.63, 3.8) is 0 Å². The first-order valence-corrected chi connectivity index (χ1v) is 10.4. The molecule has 3 rings (SSSR count). The van der Waals surface area contributed by atoms with Gasteiger partial charge in [0.2, 0.25) is 11.8 Å². The van der Waals surface area contributed by atoms with Gasteiger partial charge in [-0.3, -0.25) is 14.5 Å². The molecule has 1 aliphatic heterocycles. The lowest BCUT2D eigenvalue weighted by molar-refractivity contribution is -0.123. The topological polar surface area (TPSA) is 74.8 Å². The third kappa shape index (κ3) is 6.01. The SMILES string of the molecule is CC(C)NC(=O)CN1CCN(C(=O)c2cccnc2Oc2cccc(Br)c2)CC1. The van der Waals surface area contributed by atoms with Gasteiger partial charge >= 0.3 is 0 Å². The van der Waals surface area contributed by atoms with Crippen molar-refractivity contribution in [2.45, 2.75) is 19.9 Å². The fourth-order valence-electron chi connectivity index (χ4n) is 3.13. The predicted octanol–water partition coefficient (Wildman–Crippen LogP) is 2.92. The number of rotatable bonds is 6. The van der Waals surface area contributed by atoms with Crippen LogP contribution < -0.4 is 10.1 Å². The molecule has 1 N–H and O–H groups in total. The second-order valence-corrected chi connectivity index (χ2v) is 8.12. The zero-order valence-electron chi connectivity index (χ0n) is 16.6. The van der Waals surface area contributed by atoms with Gasteiger partial charge in [-0.15, -0.1) is 0 Å². The number of nitrogens with zero attached hydrogens (tertiary/aromatic N) is 3. The summed E-state index contributed by atoms with van der Waals surface area (Å²) in [5.74, 6) is 0.786. The van der Waals surface area contributed by atoms with Crippen LogP contribution in [-0.2, 0) is 4.79 Å². The maximum atomic E-state index is 13.1. The van der Waals surface area contributed by atoms with E-state index in [1.54, 1.807) is 23.2 Å². The van der Waals surface area contributed by atoms with E-state index in [9.17, 15) is 9.59 Å². The smallest absolute Gasteiger partial charge is 0.259 e. The summed E-state index contributed by atoms with van der Waals surface area (Å²) in [6.45, 7) is 6.65. The van der Waals surface area contributed by atoms with Gasteiger partial charge in [-0.1, -0.05) is 22.0 Å². The summed E-state index contributed by atoms with van der Waals surface area (Å²) in [5, 5.41) is 2.90. The lowest BCUT2D eigenvalue weighted by Gasteiger charge is -2.34. The van der Waals surface area contributed by atoms with Crippen molar-refractivity contribution in [2.75, 3.05) is 32.7 Å². The maximum absolute atomic E-state index is 13.1. The van der Waals surface area contributed by atoms with Crippen LogP contribution >= 0.6 is 15.9 Å². The first kappa shape index (κ1) is 21.3.